The molecule has 0 radical (unpaired) electrons. The van der Waals surface area contributed by atoms with Crippen LogP contribution in [0.4, 0.5) is 0 Å². The molecule has 3 aromatic heterocycles. The molecule has 0 unspecified atom stereocenters. The molecule has 5 nitrogen and oxygen atoms in total. The summed E-state index contributed by atoms with van der Waals surface area (Å²) in [5, 5.41) is 2.09. The molecule has 4 heterocycles. The number of rotatable bonds is 3. The van der Waals surface area contributed by atoms with Crippen LogP contribution in [0.1, 0.15) is 36.0 Å². The van der Waals surface area contributed by atoms with E-state index >= 15 is 0 Å². The Morgan fingerprint density at radius 3 is 3.19 bits per heavy atom. The molecule has 1 atom stereocenters. The molecular formula is C15H17N5S. The van der Waals surface area contributed by atoms with Gasteiger partial charge < -0.3 is 0 Å². The third-order valence-corrected chi connectivity index (χ3v) is 4.96. The van der Waals surface area contributed by atoms with Gasteiger partial charge in [-0.2, -0.15) is 0 Å². The van der Waals surface area contributed by atoms with E-state index in [-0.39, 0.29) is 0 Å². The highest BCUT2D eigenvalue weighted by atomic mass is 32.1. The van der Waals surface area contributed by atoms with E-state index in [0.717, 1.165) is 35.9 Å². The van der Waals surface area contributed by atoms with Crippen molar-refractivity contribution in [3.63, 3.8) is 0 Å². The van der Waals surface area contributed by atoms with Crippen LogP contribution in [-0.2, 0) is 6.54 Å². The molecule has 0 N–H and O–H groups in total. The van der Waals surface area contributed by atoms with Crippen molar-refractivity contribution in [1.29, 1.82) is 0 Å². The van der Waals surface area contributed by atoms with E-state index in [1.807, 2.05) is 6.20 Å². The molecule has 1 aliphatic rings. The number of fused-ring (bicyclic) bond motifs is 1. The molecular weight excluding hydrogens is 282 g/mol. The zero-order chi connectivity index (χ0) is 14.2. The van der Waals surface area contributed by atoms with Gasteiger partial charge in [-0.3, -0.25) is 19.3 Å². The Kier molecular flexibility index (Phi) is 3.20. The van der Waals surface area contributed by atoms with Crippen LogP contribution in [0.2, 0.25) is 0 Å². The molecule has 1 fully saturated rings. The number of aryl methyl sites for hydroxylation is 1. The fourth-order valence-electron chi connectivity index (χ4n) is 3.16. The van der Waals surface area contributed by atoms with Crippen molar-refractivity contribution in [3.8, 4) is 0 Å². The maximum absolute atomic E-state index is 4.64. The summed E-state index contributed by atoms with van der Waals surface area (Å²) in [5.41, 5.74) is 3.51. The van der Waals surface area contributed by atoms with Crippen LogP contribution >= 0.6 is 11.3 Å². The summed E-state index contributed by atoms with van der Waals surface area (Å²) in [7, 11) is 0. The molecule has 0 amide bonds. The van der Waals surface area contributed by atoms with Gasteiger partial charge in [0.1, 0.15) is 0 Å². The number of hydrogen-bond donors (Lipinski definition) is 0. The lowest BCUT2D eigenvalue weighted by Crippen LogP contribution is -2.24. The van der Waals surface area contributed by atoms with Crippen LogP contribution in [0.25, 0.3) is 4.96 Å². The van der Waals surface area contributed by atoms with E-state index < -0.39 is 0 Å². The van der Waals surface area contributed by atoms with Gasteiger partial charge in [-0.05, 0) is 26.3 Å². The van der Waals surface area contributed by atoms with Crippen LogP contribution < -0.4 is 0 Å². The van der Waals surface area contributed by atoms with E-state index in [2.05, 4.69) is 42.8 Å². The fraction of sp³-hybridized carbons (Fsp3) is 0.400. The first-order valence-corrected chi connectivity index (χ1v) is 8.12. The van der Waals surface area contributed by atoms with Crippen molar-refractivity contribution >= 4 is 16.3 Å². The molecule has 21 heavy (non-hydrogen) atoms. The molecule has 0 saturated carbocycles. The lowest BCUT2D eigenvalue weighted by atomic mass is 10.1. The fourth-order valence-corrected chi connectivity index (χ4v) is 3.94. The maximum atomic E-state index is 4.64. The first kappa shape index (κ1) is 12.9. The van der Waals surface area contributed by atoms with Gasteiger partial charge in [0.25, 0.3) is 0 Å². The van der Waals surface area contributed by atoms with Gasteiger partial charge in [0.2, 0.25) is 0 Å². The summed E-state index contributed by atoms with van der Waals surface area (Å²) >= 11 is 1.69. The minimum Gasteiger partial charge on any atom is -0.293 e. The Labute approximate surface area is 127 Å². The Balaban J connectivity index is 1.64. The van der Waals surface area contributed by atoms with Gasteiger partial charge >= 0.3 is 0 Å². The molecule has 0 bridgehead atoms. The molecule has 1 aliphatic heterocycles. The van der Waals surface area contributed by atoms with Crippen molar-refractivity contribution in [3.05, 3.63) is 47.2 Å². The van der Waals surface area contributed by atoms with Gasteiger partial charge in [-0.15, -0.1) is 11.3 Å². The van der Waals surface area contributed by atoms with E-state index in [1.54, 1.807) is 23.7 Å². The zero-order valence-electron chi connectivity index (χ0n) is 11.9. The molecule has 0 aromatic carbocycles. The highest BCUT2D eigenvalue weighted by Crippen LogP contribution is 2.32. The number of imidazole rings is 1. The SMILES string of the molecule is Cc1nc2sccn2c1CN1CCC[C@@H]1c1cnccn1. The smallest absolute Gasteiger partial charge is 0.194 e. The predicted molar refractivity (Wildman–Crippen MR) is 82.2 cm³/mol. The van der Waals surface area contributed by atoms with Crippen molar-refractivity contribution in [2.45, 2.75) is 32.4 Å². The molecule has 4 rings (SSSR count). The molecule has 0 spiro atoms. The minimum atomic E-state index is 0.377. The largest absolute Gasteiger partial charge is 0.293 e. The second-order valence-corrected chi connectivity index (χ2v) is 6.33. The predicted octanol–water partition coefficient (Wildman–Crippen LogP) is 2.83. The standard InChI is InChI=1S/C15H17N5S/c1-11-14(20-7-8-21-15(20)18-11)10-19-6-2-3-13(19)12-9-16-4-5-17-12/h4-5,7-9,13H,2-3,6,10H2,1H3/t13-/m1/s1. The Hall–Kier alpha value is -1.79. The summed E-state index contributed by atoms with van der Waals surface area (Å²) in [6, 6.07) is 0.377. The Morgan fingerprint density at radius 1 is 1.38 bits per heavy atom. The van der Waals surface area contributed by atoms with E-state index in [0.29, 0.717) is 6.04 Å². The average Bonchev–Trinajstić information content (AvgIpc) is 3.19. The van der Waals surface area contributed by atoms with Gasteiger partial charge in [0.05, 0.1) is 23.1 Å². The molecule has 1 saturated heterocycles. The number of likely N-dealkylation sites (tertiary alicyclic amines) is 1. The monoisotopic (exact) mass is 299 g/mol. The van der Waals surface area contributed by atoms with Crippen LogP contribution in [0.5, 0.6) is 0 Å². The summed E-state index contributed by atoms with van der Waals surface area (Å²) in [4.78, 5) is 16.9. The van der Waals surface area contributed by atoms with Crippen molar-refractivity contribution in [1.82, 2.24) is 24.3 Å². The van der Waals surface area contributed by atoms with E-state index in [4.69, 9.17) is 0 Å². The molecule has 108 valence electrons. The summed E-state index contributed by atoms with van der Waals surface area (Å²) in [6.07, 6.45) is 9.90. The zero-order valence-corrected chi connectivity index (χ0v) is 12.8. The number of nitrogens with zero attached hydrogens (tertiary/aromatic N) is 5. The average molecular weight is 299 g/mol. The second-order valence-electron chi connectivity index (χ2n) is 5.46. The van der Waals surface area contributed by atoms with Crippen LogP contribution in [-0.4, -0.2) is 30.8 Å². The van der Waals surface area contributed by atoms with Crippen LogP contribution in [0, 0.1) is 6.92 Å². The summed E-state index contributed by atoms with van der Waals surface area (Å²) < 4.78 is 2.21. The third kappa shape index (κ3) is 2.24. The van der Waals surface area contributed by atoms with E-state index in [9.17, 15) is 0 Å². The van der Waals surface area contributed by atoms with Crippen molar-refractivity contribution in [2.75, 3.05) is 6.54 Å². The summed E-state index contributed by atoms with van der Waals surface area (Å²) in [5.74, 6) is 0. The Morgan fingerprint density at radius 2 is 2.33 bits per heavy atom. The topological polar surface area (TPSA) is 46.3 Å². The first-order chi connectivity index (χ1) is 10.3. The van der Waals surface area contributed by atoms with Crippen molar-refractivity contribution in [2.24, 2.45) is 0 Å². The van der Waals surface area contributed by atoms with Gasteiger partial charge in [-0.25, -0.2) is 4.98 Å². The normalized spacial score (nSPS) is 19.6. The molecule has 0 aliphatic carbocycles. The lowest BCUT2D eigenvalue weighted by molar-refractivity contribution is 0.240. The highest BCUT2D eigenvalue weighted by molar-refractivity contribution is 7.15. The highest BCUT2D eigenvalue weighted by Gasteiger charge is 2.28. The van der Waals surface area contributed by atoms with Gasteiger partial charge in [0.15, 0.2) is 4.96 Å². The summed E-state index contributed by atoms with van der Waals surface area (Å²) in [6.45, 7) is 4.13. The lowest BCUT2D eigenvalue weighted by Gasteiger charge is -2.23. The maximum Gasteiger partial charge on any atom is 0.194 e. The number of aromatic nitrogens is 4. The Bertz CT molecular complexity index is 748. The minimum absolute atomic E-state index is 0.377. The van der Waals surface area contributed by atoms with Gasteiger partial charge in [0, 0.05) is 36.7 Å². The van der Waals surface area contributed by atoms with Crippen LogP contribution in [0.15, 0.2) is 30.2 Å². The number of hydrogen-bond acceptors (Lipinski definition) is 5. The van der Waals surface area contributed by atoms with E-state index in [1.165, 1.54) is 12.1 Å². The number of thiazole rings is 1. The second kappa shape index (κ2) is 5.20. The molecule has 3 aromatic rings. The first-order valence-electron chi connectivity index (χ1n) is 7.24. The van der Waals surface area contributed by atoms with Crippen molar-refractivity contribution < 1.29 is 0 Å². The third-order valence-electron chi connectivity index (χ3n) is 4.20. The van der Waals surface area contributed by atoms with Gasteiger partial charge in [-0.1, -0.05) is 0 Å². The van der Waals surface area contributed by atoms with Crippen LogP contribution in [0.3, 0.4) is 0 Å². The quantitative estimate of drug-likeness (QED) is 0.746. The molecule has 6 heteroatoms.